The summed E-state index contributed by atoms with van der Waals surface area (Å²) in [6.45, 7) is 4.69. The Morgan fingerprint density at radius 1 is 1.21 bits per heavy atom. The SMILES string of the molecule is CCNC(=O)CCCCCCN1C(=O)C(F)(F)C[C@@H]1C=C[C@H](O)[C@@H](C)CCCc1ccccc1. The molecule has 1 fully saturated rings. The normalized spacial score (nSPS) is 19.5. The molecule has 1 heterocycles. The van der Waals surface area contributed by atoms with E-state index >= 15 is 0 Å². The van der Waals surface area contributed by atoms with Crippen molar-refractivity contribution in [2.24, 2.45) is 5.92 Å². The molecular weight excluding hydrogens is 438 g/mol. The predicted octanol–water partition coefficient (Wildman–Crippen LogP) is 4.89. The Morgan fingerprint density at radius 2 is 1.91 bits per heavy atom. The van der Waals surface area contributed by atoms with Crippen molar-refractivity contribution in [2.75, 3.05) is 13.1 Å². The maximum Gasteiger partial charge on any atom is 0.327 e. The van der Waals surface area contributed by atoms with Gasteiger partial charge in [-0.05, 0) is 50.5 Å². The van der Waals surface area contributed by atoms with Crippen molar-refractivity contribution >= 4 is 11.8 Å². The van der Waals surface area contributed by atoms with E-state index < -0.39 is 30.4 Å². The molecule has 0 unspecified atom stereocenters. The average molecular weight is 479 g/mol. The molecule has 190 valence electrons. The first kappa shape index (κ1) is 28.0. The first-order valence-electron chi connectivity index (χ1n) is 12.6. The van der Waals surface area contributed by atoms with Crippen molar-refractivity contribution in [1.82, 2.24) is 10.2 Å². The first-order chi connectivity index (χ1) is 16.2. The third-order valence-corrected chi connectivity index (χ3v) is 6.45. The van der Waals surface area contributed by atoms with Gasteiger partial charge in [0.2, 0.25) is 5.91 Å². The molecule has 2 N–H and O–H groups in total. The molecule has 1 aromatic carbocycles. The number of carbonyl (C=O) groups excluding carboxylic acids is 2. The van der Waals surface area contributed by atoms with Crippen LogP contribution in [0.5, 0.6) is 0 Å². The number of aryl methyl sites for hydroxylation is 1. The second-order valence-corrected chi connectivity index (χ2v) is 9.32. The Bertz CT molecular complexity index is 785. The van der Waals surface area contributed by atoms with Gasteiger partial charge in [-0.25, -0.2) is 0 Å². The number of likely N-dealkylation sites (tertiary alicyclic amines) is 1. The summed E-state index contributed by atoms with van der Waals surface area (Å²) >= 11 is 0. The van der Waals surface area contributed by atoms with Gasteiger partial charge in [-0.1, -0.05) is 62.2 Å². The highest BCUT2D eigenvalue weighted by atomic mass is 19.3. The molecule has 34 heavy (non-hydrogen) atoms. The zero-order valence-corrected chi connectivity index (χ0v) is 20.5. The molecule has 0 saturated carbocycles. The smallest absolute Gasteiger partial charge is 0.327 e. The van der Waals surface area contributed by atoms with Crippen LogP contribution in [0.15, 0.2) is 42.5 Å². The number of hydrogen-bond donors (Lipinski definition) is 2. The zero-order valence-electron chi connectivity index (χ0n) is 20.5. The second-order valence-electron chi connectivity index (χ2n) is 9.32. The third kappa shape index (κ3) is 9.16. The number of amides is 2. The van der Waals surface area contributed by atoms with Gasteiger partial charge in [0.1, 0.15) is 0 Å². The van der Waals surface area contributed by atoms with Crippen molar-refractivity contribution in [3.8, 4) is 0 Å². The van der Waals surface area contributed by atoms with Gasteiger partial charge in [0.25, 0.3) is 5.91 Å². The van der Waals surface area contributed by atoms with E-state index in [1.165, 1.54) is 10.5 Å². The van der Waals surface area contributed by atoms with Gasteiger partial charge in [-0.2, -0.15) is 8.78 Å². The van der Waals surface area contributed by atoms with Crippen LogP contribution >= 0.6 is 0 Å². The molecule has 1 saturated heterocycles. The quantitative estimate of drug-likeness (QED) is 0.279. The zero-order chi connectivity index (χ0) is 25.0. The number of rotatable bonds is 15. The van der Waals surface area contributed by atoms with Crippen LogP contribution in [-0.4, -0.2) is 53.0 Å². The van der Waals surface area contributed by atoms with Crippen LogP contribution in [0.3, 0.4) is 0 Å². The number of aliphatic hydroxyl groups is 1. The minimum atomic E-state index is -3.36. The fourth-order valence-corrected chi connectivity index (χ4v) is 4.34. The Labute approximate surface area is 202 Å². The molecule has 2 amide bonds. The number of unbranched alkanes of at least 4 members (excludes halogenated alkanes) is 3. The van der Waals surface area contributed by atoms with Crippen molar-refractivity contribution in [3.05, 3.63) is 48.0 Å². The van der Waals surface area contributed by atoms with Crippen LogP contribution in [0.25, 0.3) is 0 Å². The van der Waals surface area contributed by atoms with Crippen LogP contribution in [0.2, 0.25) is 0 Å². The van der Waals surface area contributed by atoms with E-state index in [0.717, 1.165) is 38.5 Å². The highest BCUT2D eigenvalue weighted by Gasteiger charge is 2.52. The lowest BCUT2D eigenvalue weighted by Crippen LogP contribution is -2.36. The molecule has 0 aromatic heterocycles. The maximum atomic E-state index is 14.1. The number of nitrogens with zero attached hydrogens (tertiary/aromatic N) is 1. The number of halogens is 2. The van der Waals surface area contributed by atoms with Gasteiger partial charge in [-0.3, -0.25) is 9.59 Å². The fourth-order valence-electron chi connectivity index (χ4n) is 4.34. The number of nitrogens with one attached hydrogen (secondary N) is 1. The van der Waals surface area contributed by atoms with Crippen LogP contribution in [0.1, 0.15) is 70.8 Å². The third-order valence-electron chi connectivity index (χ3n) is 6.45. The van der Waals surface area contributed by atoms with Crippen LogP contribution < -0.4 is 5.32 Å². The van der Waals surface area contributed by atoms with Crippen LogP contribution in [0.4, 0.5) is 8.78 Å². The van der Waals surface area contributed by atoms with Gasteiger partial charge >= 0.3 is 5.92 Å². The Morgan fingerprint density at radius 3 is 2.62 bits per heavy atom. The molecule has 0 radical (unpaired) electrons. The van der Waals surface area contributed by atoms with Crippen molar-refractivity contribution in [1.29, 1.82) is 0 Å². The highest BCUT2D eigenvalue weighted by Crippen LogP contribution is 2.34. The van der Waals surface area contributed by atoms with Gasteiger partial charge in [0.15, 0.2) is 0 Å². The Kier molecular flexibility index (Phi) is 11.7. The van der Waals surface area contributed by atoms with Crippen LogP contribution in [0, 0.1) is 5.92 Å². The summed E-state index contributed by atoms with van der Waals surface area (Å²) < 4.78 is 28.2. The minimum absolute atomic E-state index is 0.00376. The number of benzene rings is 1. The Balaban J connectivity index is 1.78. The minimum Gasteiger partial charge on any atom is -0.389 e. The van der Waals surface area contributed by atoms with Gasteiger partial charge in [-0.15, -0.1) is 0 Å². The molecule has 0 aliphatic carbocycles. The van der Waals surface area contributed by atoms with E-state index in [1.807, 2.05) is 32.0 Å². The number of hydrogen-bond acceptors (Lipinski definition) is 3. The fraction of sp³-hybridized carbons (Fsp3) is 0.630. The lowest BCUT2D eigenvalue weighted by molar-refractivity contribution is -0.148. The summed E-state index contributed by atoms with van der Waals surface area (Å²) in [4.78, 5) is 24.9. The molecule has 0 bridgehead atoms. The average Bonchev–Trinajstić information content (AvgIpc) is 3.03. The molecule has 1 aliphatic rings. The standard InChI is InChI=1S/C27H40F2N2O3/c1-3-30-25(33)16-9-4-5-10-19-31-23(20-27(28,29)26(31)34)17-18-24(32)21(2)12-11-15-22-13-7-6-8-14-22/h6-8,13-14,17-18,21,23-24,32H,3-5,9-12,15-16,19-20H2,1-2H3,(H,30,33)/t21-,23-,24-/m0/s1. The molecule has 5 nitrogen and oxygen atoms in total. The van der Waals surface area contributed by atoms with Crippen molar-refractivity contribution < 1.29 is 23.5 Å². The number of alkyl halides is 2. The van der Waals surface area contributed by atoms with Crippen molar-refractivity contribution in [2.45, 2.75) is 89.7 Å². The number of aliphatic hydroxyl groups excluding tert-OH is 1. The largest absolute Gasteiger partial charge is 0.389 e. The molecule has 7 heteroatoms. The molecular formula is C27H40F2N2O3. The van der Waals surface area contributed by atoms with Crippen molar-refractivity contribution in [3.63, 3.8) is 0 Å². The molecule has 2 rings (SSSR count). The van der Waals surface area contributed by atoms with Crippen LogP contribution in [-0.2, 0) is 16.0 Å². The summed E-state index contributed by atoms with van der Waals surface area (Å²) in [5, 5.41) is 13.3. The molecule has 3 atom stereocenters. The van der Waals surface area contributed by atoms with Gasteiger partial charge in [0, 0.05) is 25.9 Å². The van der Waals surface area contributed by atoms with Gasteiger partial charge in [0.05, 0.1) is 12.1 Å². The summed E-state index contributed by atoms with van der Waals surface area (Å²) in [5.41, 5.74) is 1.26. The lowest BCUT2D eigenvalue weighted by Gasteiger charge is -2.22. The molecule has 1 aromatic rings. The predicted molar refractivity (Wildman–Crippen MR) is 131 cm³/mol. The molecule has 1 aliphatic heterocycles. The maximum absolute atomic E-state index is 14.1. The first-order valence-corrected chi connectivity index (χ1v) is 12.6. The van der Waals surface area contributed by atoms with E-state index in [9.17, 15) is 23.5 Å². The monoisotopic (exact) mass is 478 g/mol. The topological polar surface area (TPSA) is 69.6 Å². The second kappa shape index (κ2) is 14.2. The highest BCUT2D eigenvalue weighted by molar-refractivity contribution is 5.86. The summed E-state index contributed by atoms with van der Waals surface area (Å²) in [6, 6.07) is 9.45. The summed E-state index contributed by atoms with van der Waals surface area (Å²) in [5.74, 6) is -4.47. The van der Waals surface area contributed by atoms with E-state index in [1.54, 1.807) is 12.2 Å². The van der Waals surface area contributed by atoms with E-state index in [4.69, 9.17) is 0 Å². The van der Waals surface area contributed by atoms with Gasteiger partial charge < -0.3 is 15.3 Å². The van der Waals surface area contributed by atoms with E-state index in [0.29, 0.717) is 19.4 Å². The number of carbonyl (C=O) groups is 2. The summed E-state index contributed by atoms with van der Waals surface area (Å²) in [6.07, 6.45) is 7.95. The van der Waals surface area contributed by atoms with E-state index in [2.05, 4.69) is 17.4 Å². The molecule has 0 spiro atoms. The Hall–Kier alpha value is -2.28. The summed E-state index contributed by atoms with van der Waals surface area (Å²) in [7, 11) is 0. The lowest BCUT2D eigenvalue weighted by atomic mass is 9.95. The van der Waals surface area contributed by atoms with E-state index in [-0.39, 0.29) is 18.4 Å².